The lowest BCUT2D eigenvalue weighted by atomic mass is 10.1. The maximum Gasteiger partial charge on any atom is 0.224 e. The summed E-state index contributed by atoms with van der Waals surface area (Å²) < 4.78 is 0. The lowest BCUT2D eigenvalue weighted by Gasteiger charge is -2.12. The van der Waals surface area contributed by atoms with Crippen LogP contribution in [0.4, 0.5) is 5.69 Å². The SMILES string of the molecule is CC(O)c1ccccc1NC(=O)CCc1ccsc1. The van der Waals surface area contributed by atoms with Crippen LogP contribution in [0.5, 0.6) is 0 Å². The monoisotopic (exact) mass is 275 g/mol. The molecule has 0 bridgehead atoms. The number of benzene rings is 1. The summed E-state index contributed by atoms with van der Waals surface area (Å²) in [5.41, 5.74) is 2.61. The van der Waals surface area contributed by atoms with Gasteiger partial charge in [-0.1, -0.05) is 18.2 Å². The minimum atomic E-state index is -0.589. The number of amides is 1. The normalized spacial score (nSPS) is 12.1. The fourth-order valence-corrected chi connectivity index (χ4v) is 2.58. The second-order valence-corrected chi connectivity index (χ2v) is 5.22. The molecular weight excluding hydrogens is 258 g/mol. The first-order valence-electron chi connectivity index (χ1n) is 6.24. The Kier molecular flexibility index (Phi) is 4.71. The van der Waals surface area contributed by atoms with Gasteiger partial charge in [-0.2, -0.15) is 11.3 Å². The third-order valence-electron chi connectivity index (χ3n) is 2.91. The molecule has 0 aliphatic rings. The summed E-state index contributed by atoms with van der Waals surface area (Å²) in [5, 5.41) is 16.6. The second-order valence-electron chi connectivity index (χ2n) is 4.44. The van der Waals surface area contributed by atoms with Gasteiger partial charge < -0.3 is 10.4 Å². The number of aliphatic hydroxyl groups excluding tert-OH is 1. The molecule has 1 amide bonds. The Balaban J connectivity index is 1.95. The predicted octanol–water partition coefficient (Wildman–Crippen LogP) is 3.37. The van der Waals surface area contributed by atoms with Crippen molar-refractivity contribution in [3.8, 4) is 0 Å². The summed E-state index contributed by atoms with van der Waals surface area (Å²) in [4.78, 5) is 11.9. The summed E-state index contributed by atoms with van der Waals surface area (Å²) in [7, 11) is 0. The number of hydrogen-bond acceptors (Lipinski definition) is 3. The van der Waals surface area contributed by atoms with E-state index in [2.05, 4.69) is 10.7 Å². The Morgan fingerprint density at radius 3 is 2.84 bits per heavy atom. The van der Waals surface area contributed by atoms with Gasteiger partial charge in [0.05, 0.1) is 6.10 Å². The van der Waals surface area contributed by atoms with Crippen LogP contribution in [0, 0.1) is 0 Å². The van der Waals surface area contributed by atoms with E-state index in [1.165, 1.54) is 5.56 Å². The van der Waals surface area contributed by atoms with E-state index in [0.29, 0.717) is 12.1 Å². The molecule has 1 aromatic carbocycles. The van der Waals surface area contributed by atoms with Crippen LogP contribution in [0.2, 0.25) is 0 Å². The van der Waals surface area contributed by atoms with Gasteiger partial charge in [-0.3, -0.25) is 4.79 Å². The summed E-state index contributed by atoms with van der Waals surface area (Å²) in [6.07, 6.45) is 0.602. The maximum atomic E-state index is 11.9. The van der Waals surface area contributed by atoms with Gasteiger partial charge in [0.15, 0.2) is 0 Å². The summed E-state index contributed by atoms with van der Waals surface area (Å²) in [6.45, 7) is 1.69. The molecule has 19 heavy (non-hydrogen) atoms. The molecule has 0 aliphatic carbocycles. The predicted molar refractivity (Wildman–Crippen MR) is 78.3 cm³/mol. The van der Waals surface area contributed by atoms with Crippen LogP contribution in [0.1, 0.15) is 30.6 Å². The average molecular weight is 275 g/mol. The van der Waals surface area contributed by atoms with Crippen molar-refractivity contribution >= 4 is 22.9 Å². The fourth-order valence-electron chi connectivity index (χ4n) is 1.88. The highest BCUT2D eigenvalue weighted by atomic mass is 32.1. The highest BCUT2D eigenvalue weighted by Crippen LogP contribution is 2.22. The van der Waals surface area contributed by atoms with E-state index >= 15 is 0 Å². The number of aryl methyl sites for hydroxylation is 1. The van der Waals surface area contributed by atoms with Crippen LogP contribution >= 0.6 is 11.3 Å². The van der Waals surface area contributed by atoms with Crippen molar-refractivity contribution in [2.24, 2.45) is 0 Å². The Bertz CT molecular complexity index is 535. The molecule has 100 valence electrons. The summed E-state index contributed by atoms with van der Waals surface area (Å²) in [5.74, 6) is -0.0284. The van der Waals surface area contributed by atoms with Crippen LogP contribution in [0.25, 0.3) is 0 Å². The molecule has 2 N–H and O–H groups in total. The zero-order valence-corrected chi connectivity index (χ0v) is 11.6. The number of para-hydroxylation sites is 1. The molecule has 1 heterocycles. The first kappa shape index (κ1) is 13.8. The first-order valence-corrected chi connectivity index (χ1v) is 7.19. The number of carbonyl (C=O) groups excluding carboxylic acids is 1. The van der Waals surface area contributed by atoms with Crippen LogP contribution in [-0.4, -0.2) is 11.0 Å². The minimum absolute atomic E-state index is 0.0284. The fraction of sp³-hybridized carbons (Fsp3) is 0.267. The van der Waals surface area contributed by atoms with Crippen LogP contribution in [0.3, 0.4) is 0 Å². The Hall–Kier alpha value is -1.65. The molecule has 0 radical (unpaired) electrons. The third-order valence-corrected chi connectivity index (χ3v) is 3.64. The van der Waals surface area contributed by atoms with Gasteiger partial charge in [-0.15, -0.1) is 0 Å². The van der Waals surface area contributed by atoms with E-state index in [4.69, 9.17) is 0 Å². The first-order chi connectivity index (χ1) is 9.16. The van der Waals surface area contributed by atoms with Gasteiger partial charge in [-0.25, -0.2) is 0 Å². The third kappa shape index (κ3) is 3.91. The van der Waals surface area contributed by atoms with E-state index < -0.39 is 6.10 Å². The maximum absolute atomic E-state index is 11.9. The van der Waals surface area contributed by atoms with Crippen molar-refractivity contribution in [1.29, 1.82) is 0 Å². The molecule has 3 nitrogen and oxygen atoms in total. The number of thiophene rings is 1. The molecule has 2 aromatic rings. The van der Waals surface area contributed by atoms with Gasteiger partial charge >= 0.3 is 0 Å². The van der Waals surface area contributed by atoms with E-state index in [9.17, 15) is 9.90 Å². The Morgan fingerprint density at radius 1 is 1.37 bits per heavy atom. The molecule has 0 saturated heterocycles. The van der Waals surface area contributed by atoms with Crippen molar-refractivity contribution in [2.75, 3.05) is 5.32 Å². The molecule has 0 spiro atoms. The molecular formula is C15H17NO2S. The smallest absolute Gasteiger partial charge is 0.224 e. The minimum Gasteiger partial charge on any atom is -0.389 e. The molecule has 0 fully saturated rings. The van der Waals surface area contributed by atoms with Crippen LogP contribution < -0.4 is 5.32 Å². The van der Waals surface area contributed by atoms with Crippen molar-refractivity contribution in [2.45, 2.75) is 25.9 Å². The number of rotatable bonds is 5. The van der Waals surface area contributed by atoms with Gasteiger partial charge in [0.25, 0.3) is 0 Å². The van der Waals surface area contributed by atoms with Crippen molar-refractivity contribution < 1.29 is 9.90 Å². The quantitative estimate of drug-likeness (QED) is 0.879. The molecule has 4 heteroatoms. The van der Waals surface area contributed by atoms with Gasteiger partial charge in [0.2, 0.25) is 5.91 Å². The summed E-state index contributed by atoms with van der Waals surface area (Å²) in [6, 6.07) is 9.36. The topological polar surface area (TPSA) is 49.3 Å². The Morgan fingerprint density at radius 2 is 2.16 bits per heavy atom. The average Bonchev–Trinajstić information content (AvgIpc) is 2.90. The molecule has 1 atom stereocenters. The zero-order chi connectivity index (χ0) is 13.7. The number of nitrogens with one attached hydrogen (secondary N) is 1. The largest absolute Gasteiger partial charge is 0.389 e. The van der Waals surface area contributed by atoms with Crippen molar-refractivity contribution in [1.82, 2.24) is 0 Å². The molecule has 2 rings (SSSR count). The lowest BCUT2D eigenvalue weighted by molar-refractivity contribution is -0.116. The highest BCUT2D eigenvalue weighted by Gasteiger charge is 2.10. The molecule has 1 aromatic heterocycles. The number of aliphatic hydroxyl groups is 1. The molecule has 0 saturated carbocycles. The lowest BCUT2D eigenvalue weighted by Crippen LogP contribution is -2.14. The Labute approximate surface area is 116 Å². The van der Waals surface area contributed by atoms with E-state index in [0.717, 1.165) is 12.0 Å². The van der Waals surface area contributed by atoms with Gasteiger partial charge in [0.1, 0.15) is 0 Å². The van der Waals surface area contributed by atoms with E-state index in [1.54, 1.807) is 18.3 Å². The molecule has 1 unspecified atom stereocenters. The molecule has 0 aliphatic heterocycles. The van der Waals surface area contributed by atoms with E-state index in [-0.39, 0.29) is 5.91 Å². The van der Waals surface area contributed by atoms with Crippen LogP contribution in [-0.2, 0) is 11.2 Å². The number of anilines is 1. The number of hydrogen-bond donors (Lipinski definition) is 2. The van der Waals surface area contributed by atoms with Crippen molar-refractivity contribution in [3.05, 3.63) is 52.2 Å². The number of carbonyl (C=O) groups is 1. The van der Waals surface area contributed by atoms with Gasteiger partial charge in [-0.05, 0) is 41.8 Å². The summed E-state index contributed by atoms with van der Waals surface area (Å²) >= 11 is 1.64. The highest BCUT2D eigenvalue weighted by molar-refractivity contribution is 7.07. The second kappa shape index (κ2) is 6.50. The standard InChI is InChI=1S/C15H17NO2S/c1-11(17)13-4-2-3-5-14(13)16-15(18)7-6-12-8-9-19-10-12/h2-5,8-11,17H,6-7H2,1H3,(H,16,18). The van der Waals surface area contributed by atoms with Gasteiger partial charge in [0, 0.05) is 17.7 Å². The zero-order valence-electron chi connectivity index (χ0n) is 10.8. The van der Waals surface area contributed by atoms with E-state index in [1.807, 2.05) is 35.7 Å². The van der Waals surface area contributed by atoms with Crippen LogP contribution in [0.15, 0.2) is 41.1 Å². The van der Waals surface area contributed by atoms with Crippen molar-refractivity contribution in [3.63, 3.8) is 0 Å².